The summed E-state index contributed by atoms with van der Waals surface area (Å²) in [6, 6.07) is 18.1. The molecule has 4 nitrogen and oxygen atoms in total. The van der Waals surface area contributed by atoms with E-state index in [-0.39, 0.29) is 11.4 Å². The molecule has 0 N–H and O–H groups in total. The Morgan fingerprint density at radius 2 is 1.81 bits per heavy atom. The van der Waals surface area contributed by atoms with E-state index in [1.165, 1.54) is 35.2 Å². The van der Waals surface area contributed by atoms with Crippen LogP contribution in [-0.2, 0) is 12.3 Å². The molecule has 158 valence electrons. The molecule has 32 heavy (non-hydrogen) atoms. The number of rotatable bonds is 6. The van der Waals surface area contributed by atoms with Crippen molar-refractivity contribution in [1.82, 2.24) is 14.5 Å². The topological polar surface area (TPSA) is 47.8 Å². The average Bonchev–Trinajstić information content (AvgIpc) is 3.20. The predicted molar refractivity (Wildman–Crippen MR) is 131 cm³/mol. The van der Waals surface area contributed by atoms with Crippen LogP contribution in [0.3, 0.4) is 0 Å². The number of hydrogen-bond donors (Lipinski definition) is 0. The Hall–Kier alpha value is -3.29. The van der Waals surface area contributed by atoms with E-state index in [4.69, 9.17) is 4.98 Å². The third-order valence-corrected chi connectivity index (χ3v) is 7.29. The summed E-state index contributed by atoms with van der Waals surface area (Å²) in [5, 5.41) is 1.51. The van der Waals surface area contributed by atoms with Crippen LogP contribution < -0.4 is 5.56 Å². The van der Waals surface area contributed by atoms with Gasteiger partial charge in [0.15, 0.2) is 5.16 Å². The van der Waals surface area contributed by atoms with Gasteiger partial charge in [-0.05, 0) is 41.0 Å². The highest BCUT2D eigenvalue weighted by molar-refractivity contribution is 7.98. The van der Waals surface area contributed by atoms with E-state index in [9.17, 15) is 9.18 Å². The van der Waals surface area contributed by atoms with E-state index >= 15 is 0 Å². The van der Waals surface area contributed by atoms with Crippen LogP contribution >= 0.6 is 23.1 Å². The zero-order valence-corrected chi connectivity index (χ0v) is 18.6. The quantitative estimate of drug-likeness (QED) is 0.226. The molecule has 0 aliphatic rings. The monoisotopic (exact) mass is 459 g/mol. The average molecular weight is 460 g/mol. The van der Waals surface area contributed by atoms with Gasteiger partial charge in [0, 0.05) is 17.3 Å². The number of hydrogen-bond acceptors (Lipinski definition) is 5. The molecule has 0 spiro atoms. The van der Waals surface area contributed by atoms with E-state index < -0.39 is 0 Å². The molecule has 7 heteroatoms. The standard InChI is InChI=1S/C25H18FN3OS2/c1-2-16-5-7-18(8-6-16)15-31-25-28-21-20-4-3-13-27-23(20)32-22(21)24(30)29(25)14-17-9-11-19(26)12-10-17/h2-13H,1,14-15H2. The predicted octanol–water partition coefficient (Wildman–Crippen LogP) is 6.13. The molecule has 0 fully saturated rings. The normalized spacial score (nSPS) is 11.3. The molecule has 5 aromatic rings. The van der Waals surface area contributed by atoms with Crippen molar-refractivity contribution in [2.45, 2.75) is 17.5 Å². The number of fused-ring (bicyclic) bond motifs is 3. The molecule has 3 aromatic heterocycles. The molecule has 0 aliphatic carbocycles. The van der Waals surface area contributed by atoms with Gasteiger partial charge in [0.05, 0.1) is 12.1 Å². The zero-order chi connectivity index (χ0) is 22.1. The van der Waals surface area contributed by atoms with Crippen molar-refractivity contribution < 1.29 is 4.39 Å². The molecule has 0 bridgehead atoms. The molecule has 0 atom stereocenters. The van der Waals surface area contributed by atoms with Gasteiger partial charge < -0.3 is 0 Å². The van der Waals surface area contributed by atoms with Crippen LogP contribution in [0.4, 0.5) is 4.39 Å². The van der Waals surface area contributed by atoms with Crippen LogP contribution in [0.2, 0.25) is 0 Å². The fourth-order valence-corrected chi connectivity index (χ4v) is 5.44. The first-order valence-electron chi connectivity index (χ1n) is 9.99. The van der Waals surface area contributed by atoms with Crippen LogP contribution in [0.15, 0.2) is 83.4 Å². The van der Waals surface area contributed by atoms with Crippen molar-refractivity contribution in [2.75, 3.05) is 0 Å². The number of aromatic nitrogens is 3. The number of nitrogens with zero attached hydrogens (tertiary/aromatic N) is 3. The molecule has 0 amide bonds. The number of pyridine rings is 1. The number of thioether (sulfide) groups is 1. The second-order valence-corrected chi connectivity index (χ2v) is 9.22. The molecule has 0 saturated carbocycles. The van der Waals surface area contributed by atoms with Gasteiger partial charge >= 0.3 is 0 Å². The Morgan fingerprint density at radius 1 is 1.06 bits per heavy atom. The first kappa shape index (κ1) is 20.6. The lowest BCUT2D eigenvalue weighted by molar-refractivity contribution is 0.623. The SMILES string of the molecule is C=Cc1ccc(CSc2nc3c(sc4ncccc43)c(=O)n2Cc2ccc(F)cc2)cc1. The van der Waals surface area contributed by atoms with Gasteiger partial charge in [-0.1, -0.05) is 60.8 Å². The smallest absolute Gasteiger partial charge is 0.272 e. The summed E-state index contributed by atoms with van der Waals surface area (Å²) in [6.07, 6.45) is 3.53. The summed E-state index contributed by atoms with van der Waals surface area (Å²) in [5.41, 5.74) is 3.60. The fraction of sp³-hybridized carbons (Fsp3) is 0.0800. The highest BCUT2D eigenvalue weighted by Crippen LogP contribution is 2.31. The first-order valence-corrected chi connectivity index (χ1v) is 11.8. The van der Waals surface area contributed by atoms with Crippen molar-refractivity contribution >= 4 is 49.6 Å². The van der Waals surface area contributed by atoms with Crippen molar-refractivity contribution in [3.63, 3.8) is 0 Å². The lowest BCUT2D eigenvalue weighted by Crippen LogP contribution is -2.23. The van der Waals surface area contributed by atoms with Crippen LogP contribution in [0.1, 0.15) is 16.7 Å². The van der Waals surface area contributed by atoms with Gasteiger partial charge in [-0.3, -0.25) is 9.36 Å². The van der Waals surface area contributed by atoms with Crippen molar-refractivity contribution in [3.8, 4) is 0 Å². The second-order valence-electron chi connectivity index (χ2n) is 7.28. The highest BCUT2D eigenvalue weighted by atomic mass is 32.2. The number of thiophene rings is 1. The molecule has 2 aromatic carbocycles. The van der Waals surface area contributed by atoms with Gasteiger partial charge in [0.1, 0.15) is 15.3 Å². The fourth-order valence-electron chi connectivity index (χ4n) is 3.46. The minimum absolute atomic E-state index is 0.105. The highest BCUT2D eigenvalue weighted by Gasteiger charge is 2.17. The van der Waals surface area contributed by atoms with E-state index in [2.05, 4.69) is 23.7 Å². The third kappa shape index (κ3) is 3.97. The number of halogens is 1. The maximum atomic E-state index is 13.5. The van der Waals surface area contributed by atoms with E-state index in [1.807, 2.05) is 30.3 Å². The third-order valence-electron chi connectivity index (χ3n) is 5.16. The maximum absolute atomic E-state index is 13.5. The Kier molecular flexibility index (Phi) is 5.59. The Balaban J connectivity index is 1.59. The largest absolute Gasteiger partial charge is 0.282 e. The molecule has 0 radical (unpaired) electrons. The van der Waals surface area contributed by atoms with Crippen molar-refractivity contribution in [2.24, 2.45) is 0 Å². The van der Waals surface area contributed by atoms with E-state index in [0.29, 0.717) is 27.7 Å². The van der Waals surface area contributed by atoms with Gasteiger partial charge in [0.2, 0.25) is 0 Å². The maximum Gasteiger partial charge on any atom is 0.272 e. The number of benzene rings is 2. The van der Waals surface area contributed by atoms with E-state index in [1.54, 1.807) is 22.9 Å². The molecule has 0 aliphatic heterocycles. The zero-order valence-electron chi connectivity index (χ0n) is 17.0. The van der Waals surface area contributed by atoms with Gasteiger partial charge in [-0.25, -0.2) is 14.4 Å². The Morgan fingerprint density at radius 3 is 2.56 bits per heavy atom. The molecular weight excluding hydrogens is 441 g/mol. The van der Waals surface area contributed by atoms with Crippen LogP contribution in [-0.4, -0.2) is 14.5 Å². The van der Waals surface area contributed by atoms with Crippen LogP contribution in [0.5, 0.6) is 0 Å². The van der Waals surface area contributed by atoms with Crippen LogP contribution in [0, 0.1) is 5.82 Å². The van der Waals surface area contributed by atoms with Crippen molar-refractivity contribution in [3.05, 3.63) is 106 Å². The first-order chi connectivity index (χ1) is 15.6. The summed E-state index contributed by atoms with van der Waals surface area (Å²) in [7, 11) is 0. The molecule has 0 unspecified atom stereocenters. The van der Waals surface area contributed by atoms with Gasteiger partial charge in [-0.15, -0.1) is 11.3 Å². The van der Waals surface area contributed by atoms with Gasteiger partial charge in [0.25, 0.3) is 5.56 Å². The minimum atomic E-state index is -0.303. The summed E-state index contributed by atoms with van der Waals surface area (Å²) in [5.74, 6) is 0.363. The van der Waals surface area contributed by atoms with E-state index in [0.717, 1.165) is 26.9 Å². The Labute approximate surface area is 192 Å². The Bertz CT molecular complexity index is 1490. The lowest BCUT2D eigenvalue weighted by atomic mass is 10.1. The molecular formula is C25H18FN3OS2. The van der Waals surface area contributed by atoms with Crippen molar-refractivity contribution in [1.29, 1.82) is 0 Å². The summed E-state index contributed by atoms with van der Waals surface area (Å²) in [6.45, 7) is 4.11. The summed E-state index contributed by atoms with van der Waals surface area (Å²) < 4.78 is 15.6. The minimum Gasteiger partial charge on any atom is -0.282 e. The second kappa shape index (κ2) is 8.68. The molecule has 3 heterocycles. The summed E-state index contributed by atoms with van der Waals surface area (Å²) >= 11 is 2.87. The van der Waals surface area contributed by atoms with Gasteiger partial charge in [-0.2, -0.15) is 0 Å². The molecule has 0 saturated heterocycles. The molecule has 5 rings (SSSR count). The van der Waals surface area contributed by atoms with Crippen LogP contribution in [0.25, 0.3) is 26.5 Å². The lowest BCUT2D eigenvalue weighted by Gasteiger charge is -2.12. The summed E-state index contributed by atoms with van der Waals surface area (Å²) in [4.78, 5) is 23.6.